The maximum Gasteiger partial charge on any atom is 0.140 e. The molecule has 0 spiro atoms. The van der Waals surface area contributed by atoms with Crippen molar-refractivity contribution >= 4 is 5.65 Å². The fourth-order valence-electron chi connectivity index (χ4n) is 1.70. The van der Waals surface area contributed by atoms with Gasteiger partial charge in [0.15, 0.2) is 0 Å². The van der Waals surface area contributed by atoms with Gasteiger partial charge in [-0.05, 0) is 19.5 Å². The van der Waals surface area contributed by atoms with E-state index in [9.17, 15) is 0 Å². The van der Waals surface area contributed by atoms with E-state index < -0.39 is 0 Å². The molecule has 0 aromatic carbocycles. The van der Waals surface area contributed by atoms with Gasteiger partial charge >= 0.3 is 0 Å². The van der Waals surface area contributed by atoms with Gasteiger partial charge in [-0.25, -0.2) is 4.98 Å². The van der Waals surface area contributed by atoms with E-state index in [1.165, 1.54) is 0 Å². The molecule has 2 aromatic rings. The molecule has 0 amide bonds. The van der Waals surface area contributed by atoms with Crippen molar-refractivity contribution in [3.05, 3.63) is 29.7 Å². The molecule has 0 atom stereocenters. The Labute approximate surface area is 88.7 Å². The summed E-state index contributed by atoms with van der Waals surface area (Å²) in [4.78, 5) is 4.51. The van der Waals surface area contributed by atoms with Crippen molar-refractivity contribution in [2.45, 2.75) is 13.3 Å². The summed E-state index contributed by atoms with van der Waals surface area (Å²) < 4.78 is 7.20. The second kappa shape index (κ2) is 3.90. The van der Waals surface area contributed by atoms with Crippen LogP contribution in [0.1, 0.15) is 11.4 Å². The summed E-state index contributed by atoms with van der Waals surface area (Å²) in [5.74, 6) is 0.826. The van der Waals surface area contributed by atoms with Crippen LogP contribution in [0.25, 0.3) is 5.65 Å². The third-order valence-electron chi connectivity index (χ3n) is 2.55. The lowest BCUT2D eigenvalue weighted by Gasteiger charge is -2.00. The minimum atomic E-state index is 0.627. The molecule has 80 valence electrons. The van der Waals surface area contributed by atoms with Crippen LogP contribution in [-0.2, 0) is 6.42 Å². The second-order valence-electron chi connectivity index (χ2n) is 3.48. The Hall–Kier alpha value is -1.55. The molecule has 2 N–H and O–H groups in total. The Morgan fingerprint density at radius 2 is 2.33 bits per heavy atom. The van der Waals surface area contributed by atoms with Crippen molar-refractivity contribution in [1.29, 1.82) is 0 Å². The number of aryl methyl sites for hydroxylation is 1. The molecule has 0 bridgehead atoms. The molecular formula is C11H15N3O. The summed E-state index contributed by atoms with van der Waals surface area (Å²) in [6, 6.07) is 3.85. The number of methoxy groups -OCH3 is 1. The van der Waals surface area contributed by atoms with Crippen molar-refractivity contribution < 1.29 is 4.74 Å². The van der Waals surface area contributed by atoms with Gasteiger partial charge in [0.25, 0.3) is 0 Å². The highest BCUT2D eigenvalue weighted by Gasteiger charge is 2.07. The van der Waals surface area contributed by atoms with Crippen molar-refractivity contribution in [1.82, 2.24) is 9.38 Å². The molecule has 0 radical (unpaired) electrons. The molecule has 0 saturated heterocycles. The average Bonchev–Trinajstić information content (AvgIpc) is 2.56. The van der Waals surface area contributed by atoms with Crippen LogP contribution >= 0.6 is 0 Å². The molecule has 0 aliphatic carbocycles. The third-order valence-corrected chi connectivity index (χ3v) is 2.55. The van der Waals surface area contributed by atoms with E-state index in [0.717, 1.165) is 29.2 Å². The van der Waals surface area contributed by atoms with Crippen LogP contribution in [0.3, 0.4) is 0 Å². The maximum atomic E-state index is 5.53. The van der Waals surface area contributed by atoms with Gasteiger partial charge in [0, 0.05) is 24.4 Å². The number of aromatic nitrogens is 2. The smallest absolute Gasteiger partial charge is 0.140 e. The average molecular weight is 205 g/mol. The minimum absolute atomic E-state index is 0.627. The molecule has 0 fully saturated rings. The first-order valence-electron chi connectivity index (χ1n) is 4.98. The Balaban J connectivity index is 2.55. The normalized spacial score (nSPS) is 10.9. The number of hydrogen-bond donors (Lipinski definition) is 1. The number of pyridine rings is 1. The highest BCUT2D eigenvalue weighted by molar-refractivity contribution is 5.47. The van der Waals surface area contributed by atoms with Gasteiger partial charge < -0.3 is 14.9 Å². The maximum absolute atomic E-state index is 5.53. The van der Waals surface area contributed by atoms with E-state index in [-0.39, 0.29) is 0 Å². The minimum Gasteiger partial charge on any atom is -0.497 e. The number of nitrogens with two attached hydrogens (primary N) is 1. The zero-order valence-corrected chi connectivity index (χ0v) is 9.03. The van der Waals surface area contributed by atoms with Crippen LogP contribution < -0.4 is 10.5 Å². The molecule has 4 nitrogen and oxygen atoms in total. The van der Waals surface area contributed by atoms with Gasteiger partial charge in [0.2, 0.25) is 0 Å². The number of imidazole rings is 1. The molecule has 2 heterocycles. The second-order valence-corrected chi connectivity index (χ2v) is 3.48. The van der Waals surface area contributed by atoms with Crippen molar-refractivity contribution in [3.63, 3.8) is 0 Å². The predicted octanol–water partition coefficient (Wildman–Crippen LogP) is 1.15. The summed E-state index contributed by atoms with van der Waals surface area (Å²) >= 11 is 0. The van der Waals surface area contributed by atoms with E-state index in [2.05, 4.69) is 11.9 Å². The van der Waals surface area contributed by atoms with Crippen LogP contribution in [0.2, 0.25) is 0 Å². The standard InChI is InChI=1S/C11H15N3O/c1-8-10(3-5-12)13-11-7-9(15-2)4-6-14(8)11/h4,6-7H,3,5,12H2,1-2H3. The topological polar surface area (TPSA) is 52.5 Å². The summed E-state index contributed by atoms with van der Waals surface area (Å²) in [6.45, 7) is 2.68. The Bertz CT molecular complexity index is 476. The van der Waals surface area contributed by atoms with Gasteiger partial charge in [0.1, 0.15) is 11.4 Å². The highest BCUT2D eigenvalue weighted by Crippen LogP contribution is 2.17. The molecular weight excluding hydrogens is 190 g/mol. The summed E-state index contributed by atoms with van der Waals surface area (Å²) in [5, 5.41) is 0. The lowest BCUT2D eigenvalue weighted by molar-refractivity contribution is 0.414. The monoisotopic (exact) mass is 205 g/mol. The number of rotatable bonds is 3. The molecule has 0 aliphatic heterocycles. The van der Waals surface area contributed by atoms with Crippen LogP contribution in [0, 0.1) is 6.92 Å². The molecule has 4 heteroatoms. The lowest BCUT2D eigenvalue weighted by Crippen LogP contribution is -2.04. The fourth-order valence-corrected chi connectivity index (χ4v) is 1.70. The van der Waals surface area contributed by atoms with Crippen LogP contribution in [0.15, 0.2) is 18.3 Å². The van der Waals surface area contributed by atoms with Crippen molar-refractivity contribution in [2.24, 2.45) is 5.73 Å². The predicted molar refractivity (Wildman–Crippen MR) is 59.2 cm³/mol. The number of nitrogens with zero attached hydrogens (tertiary/aromatic N) is 2. The van der Waals surface area contributed by atoms with Crippen LogP contribution in [-0.4, -0.2) is 23.0 Å². The Morgan fingerprint density at radius 1 is 1.53 bits per heavy atom. The molecule has 0 aliphatic rings. The van der Waals surface area contributed by atoms with E-state index in [4.69, 9.17) is 10.5 Å². The number of hydrogen-bond acceptors (Lipinski definition) is 3. The first kappa shape index (κ1) is 9.98. The van der Waals surface area contributed by atoms with Crippen LogP contribution in [0.5, 0.6) is 5.75 Å². The Kier molecular flexibility index (Phi) is 2.60. The van der Waals surface area contributed by atoms with Gasteiger partial charge in [-0.1, -0.05) is 0 Å². The molecule has 15 heavy (non-hydrogen) atoms. The summed E-state index contributed by atoms with van der Waals surface area (Å²) in [6.07, 6.45) is 2.78. The summed E-state index contributed by atoms with van der Waals surface area (Å²) in [5.41, 5.74) is 8.66. The first-order chi connectivity index (χ1) is 7.26. The van der Waals surface area contributed by atoms with E-state index >= 15 is 0 Å². The van der Waals surface area contributed by atoms with Gasteiger partial charge in [0.05, 0.1) is 12.8 Å². The molecule has 0 saturated carbocycles. The van der Waals surface area contributed by atoms with E-state index in [1.807, 2.05) is 22.7 Å². The molecule has 0 unspecified atom stereocenters. The first-order valence-corrected chi connectivity index (χ1v) is 4.98. The summed E-state index contributed by atoms with van der Waals surface area (Å²) in [7, 11) is 1.66. The Morgan fingerprint density at radius 3 is 3.00 bits per heavy atom. The van der Waals surface area contributed by atoms with E-state index in [0.29, 0.717) is 6.54 Å². The van der Waals surface area contributed by atoms with Crippen molar-refractivity contribution in [2.75, 3.05) is 13.7 Å². The van der Waals surface area contributed by atoms with Gasteiger partial charge in [-0.15, -0.1) is 0 Å². The number of ether oxygens (including phenoxy) is 1. The van der Waals surface area contributed by atoms with Gasteiger partial charge in [-0.2, -0.15) is 0 Å². The van der Waals surface area contributed by atoms with Crippen molar-refractivity contribution in [3.8, 4) is 5.75 Å². The van der Waals surface area contributed by atoms with E-state index in [1.54, 1.807) is 7.11 Å². The lowest BCUT2D eigenvalue weighted by atomic mass is 10.2. The van der Waals surface area contributed by atoms with Gasteiger partial charge in [-0.3, -0.25) is 0 Å². The zero-order chi connectivity index (χ0) is 10.8. The largest absolute Gasteiger partial charge is 0.497 e. The third kappa shape index (κ3) is 1.68. The molecule has 2 rings (SSSR count). The highest BCUT2D eigenvalue weighted by atomic mass is 16.5. The van der Waals surface area contributed by atoms with Crippen LogP contribution in [0.4, 0.5) is 0 Å². The molecule has 2 aromatic heterocycles. The number of fused-ring (bicyclic) bond motifs is 1. The SMILES string of the molecule is COc1ccn2c(C)c(CCN)nc2c1. The quantitative estimate of drug-likeness (QED) is 0.817. The zero-order valence-electron chi connectivity index (χ0n) is 9.03. The fraction of sp³-hybridized carbons (Fsp3) is 0.364.